The van der Waals surface area contributed by atoms with Crippen LogP contribution in [0.15, 0.2) is 47.0 Å². The third-order valence-electron chi connectivity index (χ3n) is 3.32. The van der Waals surface area contributed by atoms with E-state index in [4.69, 9.17) is 11.6 Å². The van der Waals surface area contributed by atoms with Crippen LogP contribution in [0.1, 0.15) is 13.3 Å². The number of amides is 3. The molecule has 5 nitrogen and oxygen atoms in total. The van der Waals surface area contributed by atoms with E-state index >= 15 is 0 Å². The number of benzene rings is 1. The second kappa shape index (κ2) is 7.60. The van der Waals surface area contributed by atoms with Crippen molar-refractivity contribution in [1.82, 2.24) is 5.32 Å². The molecule has 0 spiro atoms. The first-order valence-corrected chi connectivity index (χ1v) is 7.58. The predicted octanol–water partition coefficient (Wildman–Crippen LogP) is 4.32. The summed E-state index contributed by atoms with van der Waals surface area (Å²) in [5, 5.41) is 4.74. The number of hydrogen-bond donors (Lipinski definition) is 2. The van der Waals surface area contributed by atoms with Gasteiger partial charge in [0, 0.05) is 16.3 Å². The van der Waals surface area contributed by atoms with Crippen molar-refractivity contribution in [3.05, 3.63) is 47.0 Å². The molecule has 0 saturated carbocycles. The largest absolute Gasteiger partial charge is 0.573 e. The van der Waals surface area contributed by atoms with Gasteiger partial charge in [-0.3, -0.25) is 10.1 Å². The molecule has 0 bridgehead atoms. The molecular weight excluding hydrogens is 361 g/mol. The van der Waals surface area contributed by atoms with Crippen molar-refractivity contribution in [2.75, 3.05) is 5.32 Å². The van der Waals surface area contributed by atoms with E-state index in [-0.39, 0.29) is 16.6 Å². The fraction of sp³-hybridized carbons (Fsp3) is 0.250. The third kappa shape index (κ3) is 5.53. The first-order valence-electron chi connectivity index (χ1n) is 7.20. The van der Waals surface area contributed by atoms with Gasteiger partial charge in [-0.05, 0) is 42.7 Å². The molecule has 3 amide bonds. The molecule has 1 aliphatic carbocycles. The van der Waals surface area contributed by atoms with E-state index < -0.39 is 24.1 Å². The van der Waals surface area contributed by atoms with Crippen molar-refractivity contribution in [1.29, 1.82) is 0 Å². The minimum absolute atomic E-state index is 0.135. The Morgan fingerprint density at radius 2 is 1.88 bits per heavy atom. The Balaban J connectivity index is 1.96. The van der Waals surface area contributed by atoms with Crippen LogP contribution in [0.3, 0.4) is 0 Å². The van der Waals surface area contributed by atoms with Gasteiger partial charge >= 0.3 is 12.4 Å². The number of anilines is 1. The van der Waals surface area contributed by atoms with Crippen molar-refractivity contribution in [2.24, 2.45) is 5.92 Å². The summed E-state index contributed by atoms with van der Waals surface area (Å²) in [7, 11) is 0. The van der Waals surface area contributed by atoms with Crippen LogP contribution in [0.25, 0.3) is 0 Å². The quantitative estimate of drug-likeness (QED) is 0.827. The number of ether oxygens (including phenoxy) is 1. The van der Waals surface area contributed by atoms with Gasteiger partial charge in [-0.2, -0.15) is 0 Å². The van der Waals surface area contributed by atoms with Crippen LogP contribution in [-0.4, -0.2) is 18.3 Å². The lowest BCUT2D eigenvalue weighted by Gasteiger charge is -2.18. The maximum absolute atomic E-state index is 12.1. The van der Waals surface area contributed by atoms with Crippen molar-refractivity contribution < 1.29 is 27.5 Å². The average molecular weight is 375 g/mol. The normalized spacial score (nSPS) is 17.2. The van der Waals surface area contributed by atoms with Gasteiger partial charge in [-0.15, -0.1) is 13.2 Å². The molecule has 2 rings (SSSR count). The number of allylic oxidation sites excluding steroid dienone is 3. The number of rotatable bonds is 3. The van der Waals surface area contributed by atoms with E-state index in [1.165, 1.54) is 12.1 Å². The molecule has 1 aliphatic rings. The average Bonchev–Trinajstić information content (AvgIpc) is 2.47. The highest BCUT2D eigenvalue weighted by atomic mass is 35.5. The molecule has 0 saturated heterocycles. The van der Waals surface area contributed by atoms with Gasteiger partial charge in [-0.25, -0.2) is 4.79 Å². The number of carbonyl (C=O) groups excluding carboxylic acids is 2. The molecule has 2 N–H and O–H groups in total. The summed E-state index contributed by atoms with van der Waals surface area (Å²) in [5.74, 6) is -1.19. The molecule has 0 aliphatic heterocycles. The van der Waals surface area contributed by atoms with Crippen LogP contribution in [0.2, 0.25) is 0 Å². The number of carbonyl (C=O) groups is 2. The lowest BCUT2D eigenvalue weighted by atomic mass is 9.92. The van der Waals surface area contributed by atoms with Crippen LogP contribution in [0.4, 0.5) is 23.7 Å². The molecule has 1 aromatic carbocycles. The van der Waals surface area contributed by atoms with Crippen molar-refractivity contribution in [2.45, 2.75) is 19.7 Å². The highest BCUT2D eigenvalue weighted by Crippen LogP contribution is 2.27. The van der Waals surface area contributed by atoms with Crippen molar-refractivity contribution in [3.8, 4) is 5.75 Å². The van der Waals surface area contributed by atoms with Gasteiger partial charge in [0.15, 0.2) is 0 Å². The highest BCUT2D eigenvalue weighted by Gasteiger charge is 2.31. The molecule has 9 heteroatoms. The van der Waals surface area contributed by atoms with E-state index in [2.05, 4.69) is 15.4 Å². The van der Waals surface area contributed by atoms with E-state index in [1.54, 1.807) is 13.0 Å². The minimum atomic E-state index is -4.79. The summed E-state index contributed by atoms with van der Waals surface area (Å²) in [6.07, 6.45) is -0.750. The third-order valence-corrected chi connectivity index (χ3v) is 3.65. The molecular formula is C16H14ClF3N2O3. The summed E-state index contributed by atoms with van der Waals surface area (Å²) in [4.78, 5) is 24.0. The van der Waals surface area contributed by atoms with E-state index in [9.17, 15) is 22.8 Å². The van der Waals surface area contributed by atoms with Gasteiger partial charge in [0.05, 0.1) is 0 Å². The van der Waals surface area contributed by atoms with Gasteiger partial charge in [-0.1, -0.05) is 24.6 Å². The summed E-state index contributed by atoms with van der Waals surface area (Å²) < 4.78 is 39.9. The Morgan fingerprint density at radius 1 is 1.24 bits per heavy atom. The Kier molecular flexibility index (Phi) is 5.73. The van der Waals surface area contributed by atoms with Gasteiger partial charge in [0.1, 0.15) is 5.75 Å². The molecule has 1 unspecified atom stereocenters. The van der Waals surface area contributed by atoms with Crippen LogP contribution >= 0.6 is 11.6 Å². The van der Waals surface area contributed by atoms with Crippen LogP contribution in [-0.2, 0) is 4.79 Å². The van der Waals surface area contributed by atoms with E-state index in [0.29, 0.717) is 12.0 Å². The number of nitrogens with one attached hydrogen (secondary N) is 2. The molecule has 1 atom stereocenters. The maximum Gasteiger partial charge on any atom is 0.573 e. The molecule has 0 radical (unpaired) electrons. The molecule has 134 valence electrons. The van der Waals surface area contributed by atoms with Crippen molar-refractivity contribution >= 4 is 29.2 Å². The van der Waals surface area contributed by atoms with Crippen molar-refractivity contribution in [3.63, 3.8) is 0 Å². The second-order valence-corrected chi connectivity index (χ2v) is 5.69. The monoisotopic (exact) mass is 374 g/mol. The zero-order chi connectivity index (χ0) is 18.6. The zero-order valence-electron chi connectivity index (χ0n) is 13.0. The Morgan fingerprint density at radius 3 is 2.44 bits per heavy atom. The second-order valence-electron chi connectivity index (χ2n) is 5.28. The molecule has 25 heavy (non-hydrogen) atoms. The highest BCUT2D eigenvalue weighted by molar-refractivity contribution is 6.34. The van der Waals surface area contributed by atoms with Gasteiger partial charge in [0.2, 0.25) is 0 Å². The van der Waals surface area contributed by atoms with Gasteiger partial charge < -0.3 is 10.1 Å². The summed E-state index contributed by atoms with van der Waals surface area (Å²) in [6, 6.07) is 3.68. The van der Waals surface area contributed by atoms with Crippen LogP contribution in [0.5, 0.6) is 5.75 Å². The van der Waals surface area contributed by atoms with E-state index in [1.807, 2.05) is 6.08 Å². The zero-order valence-corrected chi connectivity index (χ0v) is 13.7. The SMILES string of the molecule is CC1CC=CC(Cl)=C1C(=O)NC(=O)Nc1ccc(OC(F)(F)F)cc1. The first kappa shape index (κ1) is 18.9. The smallest absolute Gasteiger partial charge is 0.406 e. The Bertz CT molecular complexity index is 727. The predicted molar refractivity (Wildman–Crippen MR) is 86.1 cm³/mol. The fourth-order valence-corrected chi connectivity index (χ4v) is 2.58. The lowest BCUT2D eigenvalue weighted by Crippen LogP contribution is -2.37. The molecule has 1 aromatic rings. The first-order chi connectivity index (χ1) is 11.7. The lowest BCUT2D eigenvalue weighted by molar-refractivity contribution is -0.274. The topological polar surface area (TPSA) is 67.4 Å². The van der Waals surface area contributed by atoms with Crippen LogP contribution < -0.4 is 15.4 Å². The number of hydrogen-bond acceptors (Lipinski definition) is 3. The number of halogens is 4. The molecule has 0 fully saturated rings. The van der Waals surface area contributed by atoms with E-state index in [0.717, 1.165) is 12.1 Å². The summed E-state index contributed by atoms with van der Waals surface area (Å²) >= 11 is 5.98. The Labute approximate surface area is 146 Å². The maximum atomic E-state index is 12.1. The minimum Gasteiger partial charge on any atom is -0.406 e. The molecule has 0 aromatic heterocycles. The number of imide groups is 1. The Hall–Kier alpha value is -2.48. The summed E-state index contributed by atoms with van der Waals surface area (Å²) in [5.41, 5.74) is 0.490. The summed E-state index contributed by atoms with van der Waals surface area (Å²) in [6.45, 7) is 1.80. The number of alkyl halides is 3. The van der Waals surface area contributed by atoms with Crippen LogP contribution in [0, 0.1) is 5.92 Å². The molecule has 0 heterocycles. The van der Waals surface area contributed by atoms with Gasteiger partial charge in [0.25, 0.3) is 5.91 Å². The standard InChI is InChI=1S/C16H14ClF3N2O3/c1-9-3-2-4-12(17)13(9)14(23)22-15(24)21-10-5-7-11(8-6-10)25-16(18,19)20/h2,4-9H,3H2,1H3,(H2,21,22,23,24). The fourth-order valence-electron chi connectivity index (χ4n) is 2.22. The number of urea groups is 1.